The second kappa shape index (κ2) is 7.59. The summed E-state index contributed by atoms with van der Waals surface area (Å²) in [6.45, 7) is 2.24. The summed E-state index contributed by atoms with van der Waals surface area (Å²) in [5.74, 6) is 1.88. The number of rotatable bonds is 7. The van der Waals surface area contributed by atoms with E-state index >= 15 is 0 Å². The van der Waals surface area contributed by atoms with Crippen LogP contribution >= 0.6 is 0 Å². The zero-order valence-electron chi connectivity index (χ0n) is 12.6. The summed E-state index contributed by atoms with van der Waals surface area (Å²) in [5.41, 5.74) is 0.839. The van der Waals surface area contributed by atoms with Crippen LogP contribution in [0.4, 0.5) is 0 Å². The highest BCUT2D eigenvalue weighted by molar-refractivity contribution is 5.80. The molecule has 1 atom stereocenters. The summed E-state index contributed by atoms with van der Waals surface area (Å²) >= 11 is 0. The van der Waals surface area contributed by atoms with Crippen LogP contribution in [0.5, 0.6) is 17.2 Å². The van der Waals surface area contributed by atoms with Crippen molar-refractivity contribution in [2.75, 3.05) is 28.4 Å². The Hall–Kier alpha value is -1.95. The maximum Gasteiger partial charge on any atom is 0.236 e. The van der Waals surface area contributed by atoms with Gasteiger partial charge in [-0.25, -0.2) is 0 Å². The SMILES string of the molecule is CNC(=O)C(C)NCc1c(OC)cc(OC)cc1OC. The first-order chi connectivity index (χ1) is 9.57. The molecule has 0 saturated heterocycles. The van der Waals surface area contributed by atoms with Gasteiger partial charge < -0.3 is 24.8 Å². The van der Waals surface area contributed by atoms with E-state index < -0.39 is 0 Å². The third-order valence-corrected chi connectivity index (χ3v) is 3.04. The lowest BCUT2D eigenvalue weighted by atomic mass is 10.1. The van der Waals surface area contributed by atoms with Crippen LogP contribution in [0.15, 0.2) is 12.1 Å². The molecule has 0 radical (unpaired) electrons. The van der Waals surface area contributed by atoms with Gasteiger partial charge in [0, 0.05) is 25.7 Å². The summed E-state index contributed by atoms with van der Waals surface area (Å²) < 4.78 is 15.9. The molecule has 1 aromatic carbocycles. The lowest BCUT2D eigenvalue weighted by molar-refractivity contribution is -0.122. The number of amides is 1. The Labute approximate surface area is 119 Å². The van der Waals surface area contributed by atoms with Gasteiger partial charge in [-0.15, -0.1) is 0 Å². The standard InChI is InChI=1S/C14H22N2O4/c1-9(14(17)15-2)16-8-11-12(19-4)6-10(18-3)7-13(11)20-5/h6-7,9,16H,8H2,1-5H3,(H,15,17). The number of hydrogen-bond donors (Lipinski definition) is 2. The molecule has 0 bridgehead atoms. The van der Waals surface area contributed by atoms with Crippen LogP contribution in [0.25, 0.3) is 0 Å². The molecule has 1 aromatic rings. The molecule has 0 aliphatic heterocycles. The summed E-state index contributed by atoms with van der Waals surface area (Å²) in [4.78, 5) is 11.5. The van der Waals surface area contributed by atoms with Gasteiger partial charge in [-0.05, 0) is 6.92 Å². The molecule has 0 aromatic heterocycles. The molecule has 2 N–H and O–H groups in total. The van der Waals surface area contributed by atoms with Gasteiger partial charge in [-0.2, -0.15) is 0 Å². The first-order valence-corrected chi connectivity index (χ1v) is 6.31. The van der Waals surface area contributed by atoms with Crippen LogP contribution in [0.2, 0.25) is 0 Å². The quantitative estimate of drug-likeness (QED) is 0.779. The summed E-state index contributed by atoms with van der Waals surface area (Å²) in [5, 5.41) is 5.72. The Kier molecular flexibility index (Phi) is 6.11. The fourth-order valence-electron chi connectivity index (χ4n) is 1.82. The van der Waals surface area contributed by atoms with Crippen LogP contribution < -0.4 is 24.8 Å². The number of nitrogens with one attached hydrogen (secondary N) is 2. The molecule has 1 rings (SSSR count). The molecule has 20 heavy (non-hydrogen) atoms. The van der Waals surface area contributed by atoms with Crippen molar-refractivity contribution in [3.63, 3.8) is 0 Å². The molecule has 0 aliphatic rings. The van der Waals surface area contributed by atoms with Gasteiger partial charge in [-0.3, -0.25) is 4.79 Å². The monoisotopic (exact) mass is 282 g/mol. The number of carbonyl (C=O) groups is 1. The average Bonchev–Trinajstić information content (AvgIpc) is 2.50. The first-order valence-electron chi connectivity index (χ1n) is 6.31. The van der Waals surface area contributed by atoms with Crippen molar-refractivity contribution in [2.45, 2.75) is 19.5 Å². The highest BCUT2D eigenvalue weighted by Crippen LogP contribution is 2.33. The van der Waals surface area contributed by atoms with Crippen molar-refractivity contribution in [1.82, 2.24) is 10.6 Å². The van der Waals surface area contributed by atoms with Gasteiger partial charge in [0.25, 0.3) is 0 Å². The predicted octanol–water partition coefficient (Wildman–Crippen LogP) is 0.936. The number of ether oxygens (including phenoxy) is 3. The predicted molar refractivity (Wildman–Crippen MR) is 76.5 cm³/mol. The van der Waals surface area contributed by atoms with E-state index in [1.165, 1.54) is 0 Å². The fraction of sp³-hybridized carbons (Fsp3) is 0.500. The minimum atomic E-state index is -0.309. The number of methoxy groups -OCH3 is 3. The Morgan fingerprint density at radius 1 is 1.15 bits per heavy atom. The molecule has 1 amide bonds. The molecule has 0 fully saturated rings. The molecule has 1 unspecified atom stereocenters. The third-order valence-electron chi connectivity index (χ3n) is 3.04. The first kappa shape index (κ1) is 16.1. The van der Waals surface area contributed by atoms with Crippen molar-refractivity contribution < 1.29 is 19.0 Å². The van der Waals surface area contributed by atoms with E-state index in [1.54, 1.807) is 47.4 Å². The van der Waals surface area contributed by atoms with E-state index in [-0.39, 0.29) is 11.9 Å². The smallest absolute Gasteiger partial charge is 0.236 e. The molecule has 6 heteroatoms. The van der Waals surface area contributed by atoms with E-state index in [0.717, 1.165) is 5.56 Å². The van der Waals surface area contributed by atoms with Crippen molar-refractivity contribution in [3.8, 4) is 17.2 Å². The third kappa shape index (κ3) is 3.77. The molecule has 0 saturated carbocycles. The highest BCUT2D eigenvalue weighted by atomic mass is 16.5. The summed E-state index contributed by atoms with van der Waals surface area (Å²) in [6, 6.07) is 3.25. The number of likely N-dealkylation sites (N-methyl/N-ethyl adjacent to an activating group) is 1. The van der Waals surface area contributed by atoms with Crippen molar-refractivity contribution >= 4 is 5.91 Å². The normalized spacial score (nSPS) is 11.7. The van der Waals surface area contributed by atoms with Gasteiger partial charge in [0.05, 0.1) is 32.9 Å². The number of hydrogen-bond acceptors (Lipinski definition) is 5. The van der Waals surface area contributed by atoms with Crippen LogP contribution in [0.1, 0.15) is 12.5 Å². The molecule has 0 spiro atoms. The van der Waals surface area contributed by atoms with Gasteiger partial charge in [0.15, 0.2) is 0 Å². The van der Waals surface area contributed by atoms with E-state index in [9.17, 15) is 4.79 Å². The van der Waals surface area contributed by atoms with E-state index in [1.807, 2.05) is 0 Å². The second-order valence-electron chi connectivity index (χ2n) is 4.23. The van der Waals surface area contributed by atoms with Crippen LogP contribution in [0, 0.1) is 0 Å². The van der Waals surface area contributed by atoms with Gasteiger partial charge in [0.1, 0.15) is 17.2 Å². The lowest BCUT2D eigenvalue weighted by Gasteiger charge is -2.17. The van der Waals surface area contributed by atoms with E-state index in [0.29, 0.717) is 23.8 Å². The minimum Gasteiger partial charge on any atom is -0.496 e. The summed E-state index contributed by atoms with van der Waals surface area (Å²) in [6.07, 6.45) is 0. The largest absolute Gasteiger partial charge is 0.496 e. The van der Waals surface area contributed by atoms with Gasteiger partial charge >= 0.3 is 0 Å². The maximum atomic E-state index is 11.5. The summed E-state index contributed by atoms with van der Waals surface area (Å²) in [7, 11) is 6.36. The highest BCUT2D eigenvalue weighted by Gasteiger charge is 2.16. The topological polar surface area (TPSA) is 68.8 Å². The zero-order valence-corrected chi connectivity index (χ0v) is 12.6. The zero-order chi connectivity index (χ0) is 15.1. The molecular formula is C14H22N2O4. The van der Waals surface area contributed by atoms with Gasteiger partial charge in [0.2, 0.25) is 5.91 Å². The van der Waals surface area contributed by atoms with E-state index in [4.69, 9.17) is 14.2 Å². The Morgan fingerprint density at radius 3 is 2.10 bits per heavy atom. The molecule has 112 valence electrons. The number of carbonyl (C=O) groups excluding carboxylic acids is 1. The second-order valence-corrected chi connectivity index (χ2v) is 4.23. The van der Waals surface area contributed by atoms with Crippen LogP contribution in [-0.2, 0) is 11.3 Å². The van der Waals surface area contributed by atoms with Crippen molar-refractivity contribution in [3.05, 3.63) is 17.7 Å². The van der Waals surface area contributed by atoms with E-state index in [2.05, 4.69) is 10.6 Å². The Balaban J connectivity index is 2.95. The fourth-order valence-corrected chi connectivity index (χ4v) is 1.82. The minimum absolute atomic E-state index is 0.0727. The van der Waals surface area contributed by atoms with Crippen molar-refractivity contribution in [2.24, 2.45) is 0 Å². The Bertz CT molecular complexity index is 437. The lowest BCUT2D eigenvalue weighted by Crippen LogP contribution is -2.40. The molecule has 0 heterocycles. The molecular weight excluding hydrogens is 260 g/mol. The van der Waals surface area contributed by atoms with Crippen LogP contribution in [0.3, 0.4) is 0 Å². The van der Waals surface area contributed by atoms with Crippen LogP contribution in [-0.4, -0.2) is 40.3 Å². The Morgan fingerprint density at radius 2 is 1.70 bits per heavy atom. The molecule has 0 aliphatic carbocycles. The van der Waals surface area contributed by atoms with Crippen molar-refractivity contribution in [1.29, 1.82) is 0 Å². The van der Waals surface area contributed by atoms with Gasteiger partial charge in [-0.1, -0.05) is 0 Å². The maximum absolute atomic E-state index is 11.5. The average molecular weight is 282 g/mol. The molecule has 6 nitrogen and oxygen atoms in total. The number of benzene rings is 1.